The predicted octanol–water partition coefficient (Wildman–Crippen LogP) is 4.18. The van der Waals surface area contributed by atoms with Crippen LogP contribution in [-0.4, -0.2) is 12.6 Å². The van der Waals surface area contributed by atoms with E-state index in [1.807, 2.05) is 0 Å². The molecule has 0 radical (unpaired) electrons. The molecule has 106 valence electrons. The number of hydrogen-bond donors (Lipinski definition) is 1. The van der Waals surface area contributed by atoms with Crippen LogP contribution in [0.1, 0.15) is 24.0 Å². The van der Waals surface area contributed by atoms with E-state index in [2.05, 4.69) is 55.9 Å². The molecule has 1 aromatic carbocycles. The van der Waals surface area contributed by atoms with Crippen molar-refractivity contribution in [1.82, 2.24) is 0 Å². The quantitative estimate of drug-likeness (QED) is 0.846. The second kappa shape index (κ2) is 6.29. The topological polar surface area (TPSA) is 29.3 Å². The van der Waals surface area contributed by atoms with Gasteiger partial charge in [0.2, 0.25) is 0 Å². The lowest BCUT2D eigenvalue weighted by Gasteiger charge is -2.26. The van der Waals surface area contributed by atoms with E-state index < -0.39 is 0 Å². The Balaban J connectivity index is 1.83. The van der Waals surface area contributed by atoms with Gasteiger partial charge >= 0.3 is 0 Å². The molecule has 3 rings (SSSR count). The number of rotatable bonds is 6. The molecule has 1 fully saturated rings. The molecular formula is C16H19BrN2S. The van der Waals surface area contributed by atoms with Crippen LogP contribution in [0, 0.1) is 0 Å². The highest BCUT2D eigenvalue weighted by atomic mass is 79.9. The van der Waals surface area contributed by atoms with Gasteiger partial charge in [0.15, 0.2) is 0 Å². The largest absolute Gasteiger partial charge is 0.363 e. The summed E-state index contributed by atoms with van der Waals surface area (Å²) in [5, 5.41) is 4.39. The number of halogens is 1. The Morgan fingerprint density at radius 1 is 1.25 bits per heavy atom. The normalized spacial score (nSPS) is 14.5. The second-order valence-corrected chi connectivity index (χ2v) is 6.95. The minimum atomic E-state index is 0.701. The number of nitrogens with two attached hydrogens (primary N) is 1. The van der Waals surface area contributed by atoms with Crippen molar-refractivity contribution in [2.45, 2.75) is 31.8 Å². The van der Waals surface area contributed by atoms with Gasteiger partial charge in [-0.25, -0.2) is 0 Å². The van der Waals surface area contributed by atoms with Crippen molar-refractivity contribution in [2.75, 3.05) is 11.4 Å². The average Bonchev–Trinajstić information content (AvgIpc) is 3.15. The van der Waals surface area contributed by atoms with Crippen LogP contribution >= 0.6 is 27.3 Å². The van der Waals surface area contributed by atoms with E-state index in [1.165, 1.54) is 34.1 Å². The minimum Gasteiger partial charge on any atom is -0.363 e. The summed E-state index contributed by atoms with van der Waals surface area (Å²) in [5.41, 5.74) is 9.64. The SMILES string of the molecule is NCCc1ccc(N(Cc2ccsc2)C2CC2)c(Br)c1. The lowest BCUT2D eigenvalue weighted by Crippen LogP contribution is -2.25. The summed E-state index contributed by atoms with van der Waals surface area (Å²) in [6.07, 6.45) is 3.55. The molecule has 0 bridgehead atoms. The van der Waals surface area contributed by atoms with Crippen molar-refractivity contribution >= 4 is 33.0 Å². The maximum Gasteiger partial charge on any atom is 0.0516 e. The van der Waals surface area contributed by atoms with Gasteiger partial charge in [-0.1, -0.05) is 6.07 Å². The Bertz CT molecular complexity index is 564. The number of benzene rings is 1. The fourth-order valence-corrected chi connectivity index (χ4v) is 3.80. The van der Waals surface area contributed by atoms with E-state index >= 15 is 0 Å². The molecule has 1 aromatic heterocycles. The fourth-order valence-electron chi connectivity index (χ4n) is 2.48. The molecule has 2 N–H and O–H groups in total. The van der Waals surface area contributed by atoms with Gasteiger partial charge in [-0.3, -0.25) is 0 Å². The van der Waals surface area contributed by atoms with Gasteiger partial charge in [0.05, 0.1) is 5.69 Å². The number of nitrogens with zero attached hydrogens (tertiary/aromatic N) is 1. The van der Waals surface area contributed by atoms with Gasteiger partial charge in [-0.05, 0) is 81.8 Å². The minimum absolute atomic E-state index is 0.701. The average molecular weight is 351 g/mol. The number of anilines is 1. The predicted molar refractivity (Wildman–Crippen MR) is 90.4 cm³/mol. The first-order valence-electron chi connectivity index (χ1n) is 7.04. The molecule has 2 aromatic rings. The fraction of sp³-hybridized carbons (Fsp3) is 0.375. The summed E-state index contributed by atoms with van der Waals surface area (Å²) >= 11 is 5.51. The first-order valence-corrected chi connectivity index (χ1v) is 8.77. The van der Waals surface area contributed by atoms with Gasteiger partial charge < -0.3 is 10.6 Å². The van der Waals surface area contributed by atoms with Crippen molar-refractivity contribution in [3.8, 4) is 0 Å². The standard InChI is InChI=1S/C16H19BrN2S/c17-15-9-12(5-7-18)1-4-16(15)19(14-2-3-14)10-13-6-8-20-11-13/h1,4,6,8-9,11,14H,2-3,5,7,10,18H2. The first kappa shape index (κ1) is 14.1. The summed E-state index contributed by atoms with van der Waals surface area (Å²) in [5.74, 6) is 0. The number of thiophene rings is 1. The molecule has 20 heavy (non-hydrogen) atoms. The molecule has 0 saturated heterocycles. The van der Waals surface area contributed by atoms with Gasteiger partial charge in [0.1, 0.15) is 0 Å². The smallest absolute Gasteiger partial charge is 0.0516 e. The van der Waals surface area contributed by atoms with E-state index in [4.69, 9.17) is 5.73 Å². The monoisotopic (exact) mass is 350 g/mol. The molecule has 0 spiro atoms. The first-order chi connectivity index (χ1) is 9.78. The number of hydrogen-bond acceptors (Lipinski definition) is 3. The molecule has 0 atom stereocenters. The van der Waals surface area contributed by atoms with Crippen LogP contribution in [0.5, 0.6) is 0 Å². The third-order valence-corrected chi connectivity index (χ3v) is 5.04. The highest BCUT2D eigenvalue weighted by molar-refractivity contribution is 9.10. The molecule has 1 saturated carbocycles. The molecular weight excluding hydrogens is 332 g/mol. The summed E-state index contributed by atoms with van der Waals surface area (Å²) in [7, 11) is 0. The summed E-state index contributed by atoms with van der Waals surface area (Å²) in [6, 6.07) is 9.57. The Hall–Kier alpha value is -0.840. The van der Waals surface area contributed by atoms with Crippen molar-refractivity contribution < 1.29 is 0 Å². The van der Waals surface area contributed by atoms with Gasteiger partial charge in [-0.2, -0.15) is 11.3 Å². The van der Waals surface area contributed by atoms with Crippen LogP contribution < -0.4 is 10.6 Å². The Labute approximate surface area is 132 Å². The van der Waals surface area contributed by atoms with Gasteiger partial charge in [-0.15, -0.1) is 0 Å². The van der Waals surface area contributed by atoms with E-state index in [0.717, 1.165) is 13.0 Å². The van der Waals surface area contributed by atoms with Crippen molar-refractivity contribution in [1.29, 1.82) is 0 Å². The van der Waals surface area contributed by atoms with E-state index in [9.17, 15) is 0 Å². The van der Waals surface area contributed by atoms with Crippen LogP contribution in [0.15, 0.2) is 39.5 Å². The Morgan fingerprint density at radius 3 is 2.70 bits per heavy atom. The molecule has 1 aliphatic rings. The molecule has 0 aliphatic heterocycles. The molecule has 1 heterocycles. The van der Waals surface area contributed by atoms with Crippen LogP contribution in [0.2, 0.25) is 0 Å². The summed E-state index contributed by atoms with van der Waals surface area (Å²) < 4.78 is 1.19. The van der Waals surface area contributed by atoms with Crippen molar-refractivity contribution in [3.05, 3.63) is 50.6 Å². The second-order valence-electron chi connectivity index (χ2n) is 5.32. The zero-order valence-corrected chi connectivity index (χ0v) is 13.8. The molecule has 0 amide bonds. The van der Waals surface area contributed by atoms with Crippen LogP contribution in [0.3, 0.4) is 0 Å². The third kappa shape index (κ3) is 3.25. The zero-order chi connectivity index (χ0) is 13.9. The van der Waals surface area contributed by atoms with Gasteiger partial charge in [0, 0.05) is 17.1 Å². The van der Waals surface area contributed by atoms with Crippen molar-refractivity contribution in [2.24, 2.45) is 5.73 Å². The zero-order valence-electron chi connectivity index (χ0n) is 11.4. The van der Waals surface area contributed by atoms with Crippen LogP contribution in [-0.2, 0) is 13.0 Å². The van der Waals surface area contributed by atoms with Crippen molar-refractivity contribution in [3.63, 3.8) is 0 Å². The molecule has 2 nitrogen and oxygen atoms in total. The van der Waals surface area contributed by atoms with E-state index in [-0.39, 0.29) is 0 Å². The van der Waals surface area contributed by atoms with E-state index in [0.29, 0.717) is 12.6 Å². The molecule has 0 unspecified atom stereocenters. The third-order valence-electron chi connectivity index (χ3n) is 3.68. The van der Waals surface area contributed by atoms with E-state index in [1.54, 1.807) is 11.3 Å². The Kier molecular flexibility index (Phi) is 4.44. The lowest BCUT2D eigenvalue weighted by molar-refractivity contribution is 0.793. The molecule has 4 heteroatoms. The maximum absolute atomic E-state index is 5.63. The summed E-state index contributed by atoms with van der Waals surface area (Å²) in [4.78, 5) is 2.53. The van der Waals surface area contributed by atoms with Gasteiger partial charge in [0.25, 0.3) is 0 Å². The summed E-state index contributed by atoms with van der Waals surface area (Å²) in [6.45, 7) is 1.70. The highest BCUT2D eigenvalue weighted by Gasteiger charge is 2.30. The maximum atomic E-state index is 5.63. The van der Waals surface area contributed by atoms with Crippen LogP contribution in [0.4, 0.5) is 5.69 Å². The lowest BCUT2D eigenvalue weighted by atomic mass is 10.1. The highest BCUT2D eigenvalue weighted by Crippen LogP contribution is 2.37. The van der Waals surface area contributed by atoms with Crippen LogP contribution in [0.25, 0.3) is 0 Å². The Morgan fingerprint density at radius 2 is 2.10 bits per heavy atom. The molecule has 1 aliphatic carbocycles.